The van der Waals surface area contributed by atoms with Crippen LogP contribution in [0.4, 0.5) is 11.1 Å². The lowest BCUT2D eigenvalue weighted by Crippen LogP contribution is -2.31. The Morgan fingerprint density at radius 2 is 1.48 bits per heavy atom. The van der Waals surface area contributed by atoms with Crippen LogP contribution in [-0.2, 0) is 0 Å². The maximum Gasteiger partial charge on any atom is 0.226 e. The van der Waals surface area contributed by atoms with Gasteiger partial charge in [-0.15, -0.1) is 0 Å². The SMILES string of the molecule is C=C1CCN(c2ncc3nc(N4CCC(=C)CC4)sc3n2)CC1. The Morgan fingerprint density at radius 1 is 0.870 bits per heavy atom. The van der Waals surface area contributed by atoms with Crippen molar-refractivity contribution >= 4 is 32.8 Å². The molecule has 2 aromatic rings. The van der Waals surface area contributed by atoms with E-state index in [4.69, 9.17) is 9.97 Å². The van der Waals surface area contributed by atoms with Crippen LogP contribution in [0.1, 0.15) is 25.7 Å². The summed E-state index contributed by atoms with van der Waals surface area (Å²) in [5.74, 6) is 0.826. The zero-order valence-electron chi connectivity index (χ0n) is 13.3. The summed E-state index contributed by atoms with van der Waals surface area (Å²) >= 11 is 1.67. The molecule has 0 bridgehead atoms. The predicted octanol–water partition coefficient (Wildman–Crippen LogP) is 3.40. The van der Waals surface area contributed by atoms with Crippen LogP contribution < -0.4 is 9.80 Å². The number of aromatic nitrogens is 3. The molecule has 2 aromatic heterocycles. The molecular formula is C17H21N5S. The summed E-state index contributed by atoms with van der Waals surface area (Å²) in [7, 11) is 0. The molecule has 0 spiro atoms. The van der Waals surface area contributed by atoms with Crippen LogP contribution in [0.3, 0.4) is 0 Å². The van der Waals surface area contributed by atoms with Gasteiger partial charge in [0, 0.05) is 26.2 Å². The number of hydrogen-bond donors (Lipinski definition) is 0. The fourth-order valence-corrected chi connectivity index (χ4v) is 4.00. The molecule has 120 valence electrons. The van der Waals surface area contributed by atoms with Gasteiger partial charge >= 0.3 is 0 Å². The molecular weight excluding hydrogens is 306 g/mol. The lowest BCUT2D eigenvalue weighted by molar-refractivity contribution is 0.671. The summed E-state index contributed by atoms with van der Waals surface area (Å²) in [5.41, 5.74) is 3.57. The minimum absolute atomic E-state index is 0.826. The van der Waals surface area contributed by atoms with E-state index >= 15 is 0 Å². The van der Waals surface area contributed by atoms with Gasteiger partial charge < -0.3 is 9.80 Å². The average molecular weight is 327 g/mol. The number of nitrogens with zero attached hydrogens (tertiary/aromatic N) is 5. The fraction of sp³-hybridized carbons (Fsp3) is 0.471. The molecule has 0 saturated carbocycles. The second kappa shape index (κ2) is 5.92. The third-order valence-electron chi connectivity index (χ3n) is 4.62. The smallest absolute Gasteiger partial charge is 0.226 e. The summed E-state index contributed by atoms with van der Waals surface area (Å²) in [6.07, 6.45) is 6.05. The van der Waals surface area contributed by atoms with Crippen LogP contribution in [0.25, 0.3) is 10.3 Å². The first-order chi connectivity index (χ1) is 11.2. The van der Waals surface area contributed by atoms with Crippen molar-refractivity contribution in [1.82, 2.24) is 15.0 Å². The van der Waals surface area contributed by atoms with Crippen LogP contribution >= 0.6 is 11.3 Å². The molecule has 4 heterocycles. The van der Waals surface area contributed by atoms with E-state index in [1.807, 2.05) is 6.20 Å². The largest absolute Gasteiger partial charge is 0.347 e. The van der Waals surface area contributed by atoms with Gasteiger partial charge in [0.25, 0.3) is 0 Å². The van der Waals surface area contributed by atoms with Crippen molar-refractivity contribution in [3.8, 4) is 0 Å². The van der Waals surface area contributed by atoms with Gasteiger partial charge in [-0.3, -0.25) is 0 Å². The quantitative estimate of drug-likeness (QED) is 0.791. The molecule has 0 N–H and O–H groups in total. The predicted molar refractivity (Wildman–Crippen MR) is 96.4 cm³/mol. The zero-order chi connectivity index (χ0) is 15.8. The molecule has 0 amide bonds. The molecule has 5 nitrogen and oxygen atoms in total. The molecule has 0 radical (unpaired) electrons. The van der Waals surface area contributed by atoms with E-state index in [0.29, 0.717) is 0 Å². The summed E-state index contributed by atoms with van der Waals surface area (Å²) in [6.45, 7) is 12.1. The summed E-state index contributed by atoms with van der Waals surface area (Å²) in [5, 5.41) is 1.06. The second-order valence-electron chi connectivity index (χ2n) is 6.33. The summed E-state index contributed by atoms with van der Waals surface area (Å²) in [6, 6.07) is 0. The maximum absolute atomic E-state index is 4.75. The fourth-order valence-electron chi connectivity index (χ4n) is 3.04. The minimum Gasteiger partial charge on any atom is -0.347 e. The van der Waals surface area contributed by atoms with E-state index in [1.54, 1.807) is 11.3 Å². The molecule has 0 aliphatic carbocycles. The highest BCUT2D eigenvalue weighted by Gasteiger charge is 2.19. The van der Waals surface area contributed by atoms with Crippen molar-refractivity contribution in [2.45, 2.75) is 25.7 Å². The number of hydrogen-bond acceptors (Lipinski definition) is 6. The molecule has 0 aromatic carbocycles. The van der Waals surface area contributed by atoms with Gasteiger partial charge in [-0.05, 0) is 25.7 Å². The Balaban J connectivity index is 1.57. The van der Waals surface area contributed by atoms with E-state index in [9.17, 15) is 0 Å². The van der Waals surface area contributed by atoms with Gasteiger partial charge in [-0.25, -0.2) is 9.97 Å². The van der Waals surface area contributed by atoms with Crippen molar-refractivity contribution in [3.63, 3.8) is 0 Å². The summed E-state index contributed by atoms with van der Waals surface area (Å²) in [4.78, 5) is 19.6. The number of rotatable bonds is 2. The molecule has 2 aliphatic rings. The molecule has 2 saturated heterocycles. The molecule has 6 heteroatoms. The number of piperidine rings is 2. The Hall–Kier alpha value is -1.95. The first-order valence-electron chi connectivity index (χ1n) is 8.16. The second-order valence-corrected chi connectivity index (χ2v) is 7.29. The van der Waals surface area contributed by atoms with Crippen molar-refractivity contribution < 1.29 is 0 Å². The monoisotopic (exact) mass is 327 g/mol. The van der Waals surface area contributed by atoms with Gasteiger partial charge in [0.1, 0.15) is 5.52 Å². The molecule has 4 rings (SSSR count). The highest BCUT2D eigenvalue weighted by Crippen LogP contribution is 2.31. The lowest BCUT2D eigenvalue weighted by Gasteiger charge is -2.27. The topological polar surface area (TPSA) is 45.2 Å². The molecule has 23 heavy (non-hydrogen) atoms. The van der Waals surface area contributed by atoms with Crippen molar-refractivity contribution in [2.75, 3.05) is 36.0 Å². The van der Waals surface area contributed by atoms with E-state index in [0.717, 1.165) is 73.3 Å². The first-order valence-corrected chi connectivity index (χ1v) is 8.97. The van der Waals surface area contributed by atoms with E-state index < -0.39 is 0 Å². The Bertz CT molecular complexity index is 719. The minimum atomic E-state index is 0.826. The van der Waals surface area contributed by atoms with Crippen LogP contribution in [0.5, 0.6) is 0 Å². The third-order valence-corrected chi connectivity index (χ3v) is 5.65. The highest BCUT2D eigenvalue weighted by molar-refractivity contribution is 7.21. The Kier molecular flexibility index (Phi) is 3.77. The van der Waals surface area contributed by atoms with E-state index in [2.05, 4.69) is 27.9 Å². The molecule has 2 aliphatic heterocycles. The van der Waals surface area contributed by atoms with Crippen molar-refractivity contribution in [1.29, 1.82) is 0 Å². The van der Waals surface area contributed by atoms with Gasteiger partial charge in [-0.2, -0.15) is 4.98 Å². The molecule has 2 fully saturated rings. The number of fused-ring (bicyclic) bond motifs is 1. The number of thiazole rings is 1. The van der Waals surface area contributed by atoms with Crippen LogP contribution in [0.15, 0.2) is 30.5 Å². The average Bonchev–Trinajstić information content (AvgIpc) is 2.99. The third kappa shape index (κ3) is 2.95. The molecule has 0 atom stereocenters. The van der Waals surface area contributed by atoms with Gasteiger partial charge in [0.15, 0.2) is 9.96 Å². The lowest BCUT2D eigenvalue weighted by atomic mass is 10.1. The van der Waals surface area contributed by atoms with E-state index in [1.165, 1.54) is 11.1 Å². The van der Waals surface area contributed by atoms with Crippen LogP contribution in [0.2, 0.25) is 0 Å². The summed E-state index contributed by atoms with van der Waals surface area (Å²) < 4.78 is 0. The Labute approximate surface area is 140 Å². The zero-order valence-corrected chi connectivity index (χ0v) is 14.1. The molecule has 0 unspecified atom stereocenters. The standard InChI is InChI=1S/C17H21N5S/c1-12-3-7-21(8-4-12)16-18-11-14-15(20-16)23-17(19-14)22-9-5-13(2)6-10-22/h11H,1-10H2. The highest BCUT2D eigenvalue weighted by atomic mass is 32.1. The van der Waals surface area contributed by atoms with Gasteiger partial charge in [0.2, 0.25) is 5.95 Å². The van der Waals surface area contributed by atoms with Crippen LogP contribution in [0, 0.1) is 0 Å². The van der Waals surface area contributed by atoms with Crippen molar-refractivity contribution in [2.24, 2.45) is 0 Å². The maximum atomic E-state index is 4.75. The normalized spacial score (nSPS) is 19.7. The van der Waals surface area contributed by atoms with Gasteiger partial charge in [0.05, 0.1) is 6.20 Å². The van der Waals surface area contributed by atoms with Crippen molar-refractivity contribution in [3.05, 3.63) is 30.5 Å². The van der Waals surface area contributed by atoms with Gasteiger partial charge in [-0.1, -0.05) is 35.6 Å². The van der Waals surface area contributed by atoms with E-state index in [-0.39, 0.29) is 0 Å². The first kappa shape index (κ1) is 14.6. The van der Waals surface area contributed by atoms with Crippen LogP contribution in [-0.4, -0.2) is 41.1 Å². The number of anilines is 2. The Morgan fingerprint density at radius 3 is 2.13 bits per heavy atom.